The highest BCUT2D eigenvalue weighted by molar-refractivity contribution is 9.10. The van der Waals surface area contributed by atoms with Crippen molar-refractivity contribution < 1.29 is 9.53 Å². The summed E-state index contributed by atoms with van der Waals surface area (Å²) < 4.78 is 6.78. The van der Waals surface area contributed by atoms with Crippen LogP contribution in [-0.4, -0.2) is 12.0 Å². The summed E-state index contributed by atoms with van der Waals surface area (Å²) in [5.74, 6) is 0.607. The molecule has 0 saturated carbocycles. The summed E-state index contributed by atoms with van der Waals surface area (Å²) in [5, 5.41) is 2.84. The zero-order chi connectivity index (χ0) is 15.4. The SMILES string of the molecule is Cc1cccc(C)c1OC(C)C(=O)Nc1ccc(Br)cc1. The van der Waals surface area contributed by atoms with E-state index in [2.05, 4.69) is 21.2 Å². The summed E-state index contributed by atoms with van der Waals surface area (Å²) in [4.78, 5) is 12.2. The predicted octanol–water partition coefficient (Wildman–Crippen LogP) is 4.47. The number of hydrogen-bond donors (Lipinski definition) is 1. The summed E-state index contributed by atoms with van der Waals surface area (Å²) in [6.07, 6.45) is -0.562. The van der Waals surface area contributed by atoms with Gasteiger partial charge >= 0.3 is 0 Å². The van der Waals surface area contributed by atoms with Crippen LogP contribution in [-0.2, 0) is 4.79 Å². The summed E-state index contributed by atoms with van der Waals surface area (Å²) in [6.45, 7) is 5.70. The molecule has 0 aliphatic carbocycles. The molecule has 110 valence electrons. The Morgan fingerprint density at radius 1 is 1.10 bits per heavy atom. The molecule has 21 heavy (non-hydrogen) atoms. The van der Waals surface area contributed by atoms with E-state index < -0.39 is 6.10 Å². The molecule has 2 rings (SSSR count). The van der Waals surface area contributed by atoms with Gasteiger partial charge in [0, 0.05) is 10.2 Å². The number of hydrogen-bond acceptors (Lipinski definition) is 2. The summed E-state index contributed by atoms with van der Waals surface area (Å²) in [6, 6.07) is 13.4. The number of carbonyl (C=O) groups is 1. The van der Waals surface area contributed by atoms with Crippen LogP contribution in [0.15, 0.2) is 46.9 Å². The highest BCUT2D eigenvalue weighted by atomic mass is 79.9. The first-order valence-electron chi connectivity index (χ1n) is 6.76. The molecule has 0 saturated heterocycles. The second-order valence-electron chi connectivity index (χ2n) is 4.98. The number of halogens is 1. The van der Waals surface area contributed by atoms with Crippen molar-refractivity contribution in [2.75, 3.05) is 5.32 Å². The number of benzene rings is 2. The molecule has 1 atom stereocenters. The van der Waals surface area contributed by atoms with E-state index in [-0.39, 0.29) is 5.91 Å². The maximum Gasteiger partial charge on any atom is 0.265 e. The second kappa shape index (κ2) is 6.76. The van der Waals surface area contributed by atoms with Gasteiger partial charge in [0.05, 0.1) is 0 Å². The van der Waals surface area contributed by atoms with Crippen LogP contribution in [0.1, 0.15) is 18.1 Å². The molecule has 1 unspecified atom stereocenters. The second-order valence-corrected chi connectivity index (χ2v) is 5.89. The Hall–Kier alpha value is -1.81. The molecule has 0 spiro atoms. The largest absolute Gasteiger partial charge is 0.480 e. The van der Waals surface area contributed by atoms with E-state index in [1.165, 1.54) is 0 Å². The molecular weight excluding hydrogens is 330 g/mol. The van der Waals surface area contributed by atoms with Gasteiger partial charge in [-0.3, -0.25) is 4.79 Å². The van der Waals surface area contributed by atoms with E-state index in [0.717, 1.165) is 27.0 Å². The van der Waals surface area contributed by atoms with Gasteiger partial charge in [-0.25, -0.2) is 0 Å². The molecule has 1 amide bonds. The number of rotatable bonds is 4. The van der Waals surface area contributed by atoms with Gasteiger partial charge in [0.1, 0.15) is 5.75 Å². The van der Waals surface area contributed by atoms with Crippen LogP contribution in [0.4, 0.5) is 5.69 Å². The average molecular weight is 348 g/mol. The molecule has 2 aromatic rings. The lowest BCUT2D eigenvalue weighted by Gasteiger charge is -2.18. The third-order valence-electron chi connectivity index (χ3n) is 3.18. The molecule has 0 bridgehead atoms. The highest BCUT2D eigenvalue weighted by Gasteiger charge is 2.16. The van der Waals surface area contributed by atoms with Crippen molar-refractivity contribution >= 4 is 27.5 Å². The molecule has 0 aliphatic heterocycles. The topological polar surface area (TPSA) is 38.3 Å². The van der Waals surface area contributed by atoms with Crippen molar-refractivity contribution in [2.45, 2.75) is 26.9 Å². The third-order valence-corrected chi connectivity index (χ3v) is 3.71. The molecule has 1 N–H and O–H groups in total. The fraction of sp³-hybridized carbons (Fsp3) is 0.235. The Morgan fingerprint density at radius 3 is 2.24 bits per heavy atom. The van der Waals surface area contributed by atoms with Crippen LogP contribution in [0, 0.1) is 13.8 Å². The molecular formula is C17H18BrNO2. The van der Waals surface area contributed by atoms with Crippen molar-refractivity contribution in [3.8, 4) is 5.75 Å². The van der Waals surface area contributed by atoms with E-state index in [0.29, 0.717) is 0 Å². The first-order chi connectivity index (χ1) is 9.97. The summed E-state index contributed by atoms with van der Waals surface area (Å²) in [7, 11) is 0. The van der Waals surface area contributed by atoms with Crippen molar-refractivity contribution in [3.63, 3.8) is 0 Å². The van der Waals surface area contributed by atoms with E-state index >= 15 is 0 Å². The molecule has 4 heteroatoms. The van der Waals surface area contributed by atoms with Crippen LogP contribution in [0.2, 0.25) is 0 Å². The number of amides is 1. The number of ether oxygens (including phenoxy) is 1. The van der Waals surface area contributed by atoms with Gasteiger partial charge in [0.2, 0.25) is 0 Å². The van der Waals surface area contributed by atoms with Gasteiger partial charge in [0.15, 0.2) is 6.10 Å². The minimum absolute atomic E-state index is 0.167. The maximum atomic E-state index is 12.2. The van der Waals surface area contributed by atoms with Gasteiger partial charge in [-0.05, 0) is 56.2 Å². The molecule has 0 heterocycles. The summed E-state index contributed by atoms with van der Waals surface area (Å²) >= 11 is 3.36. The van der Waals surface area contributed by atoms with Gasteiger partial charge < -0.3 is 10.1 Å². The Morgan fingerprint density at radius 2 is 1.67 bits per heavy atom. The standard InChI is InChI=1S/C17H18BrNO2/c1-11-5-4-6-12(2)16(11)21-13(3)17(20)19-15-9-7-14(18)8-10-15/h4-10,13H,1-3H3,(H,19,20). The minimum Gasteiger partial charge on any atom is -0.480 e. The first-order valence-corrected chi connectivity index (χ1v) is 7.56. The quantitative estimate of drug-likeness (QED) is 0.885. The lowest BCUT2D eigenvalue weighted by Crippen LogP contribution is -2.30. The average Bonchev–Trinajstić information content (AvgIpc) is 2.45. The van der Waals surface area contributed by atoms with Crippen LogP contribution in [0.3, 0.4) is 0 Å². The Labute approximate surface area is 133 Å². The zero-order valence-corrected chi connectivity index (χ0v) is 13.9. The number of para-hydroxylation sites is 1. The fourth-order valence-corrected chi connectivity index (χ4v) is 2.26. The predicted molar refractivity (Wildman–Crippen MR) is 88.8 cm³/mol. The van der Waals surface area contributed by atoms with Crippen molar-refractivity contribution in [1.82, 2.24) is 0 Å². The van der Waals surface area contributed by atoms with Gasteiger partial charge in [-0.1, -0.05) is 34.1 Å². The Balaban J connectivity index is 2.04. The van der Waals surface area contributed by atoms with Crippen LogP contribution >= 0.6 is 15.9 Å². The normalized spacial score (nSPS) is 11.8. The third kappa shape index (κ3) is 4.08. The van der Waals surface area contributed by atoms with Gasteiger partial charge in [-0.2, -0.15) is 0 Å². The number of anilines is 1. The lowest BCUT2D eigenvalue weighted by molar-refractivity contribution is -0.122. The van der Waals surface area contributed by atoms with Crippen molar-refractivity contribution in [3.05, 3.63) is 58.1 Å². The maximum absolute atomic E-state index is 12.2. The highest BCUT2D eigenvalue weighted by Crippen LogP contribution is 2.24. The van der Waals surface area contributed by atoms with E-state index in [4.69, 9.17) is 4.74 Å². The lowest BCUT2D eigenvalue weighted by atomic mass is 10.1. The Bertz CT molecular complexity index is 617. The number of carbonyl (C=O) groups excluding carboxylic acids is 1. The van der Waals surface area contributed by atoms with E-state index in [1.807, 2.05) is 56.3 Å². The van der Waals surface area contributed by atoms with E-state index in [1.54, 1.807) is 6.92 Å². The van der Waals surface area contributed by atoms with E-state index in [9.17, 15) is 4.79 Å². The smallest absolute Gasteiger partial charge is 0.265 e. The van der Waals surface area contributed by atoms with Crippen LogP contribution in [0.5, 0.6) is 5.75 Å². The molecule has 3 nitrogen and oxygen atoms in total. The fourth-order valence-electron chi connectivity index (χ4n) is 1.99. The molecule has 0 aliphatic rings. The van der Waals surface area contributed by atoms with Crippen molar-refractivity contribution in [2.24, 2.45) is 0 Å². The first kappa shape index (κ1) is 15.6. The molecule has 0 fully saturated rings. The molecule has 0 radical (unpaired) electrons. The Kier molecular flexibility index (Phi) is 5.02. The minimum atomic E-state index is -0.562. The summed E-state index contributed by atoms with van der Waals surface area (Å²) in [5.41, 5.74) is 2.80. The molecule has 2 aromatic carbocycles. The van der Waals surface area contributed by atoms with Crippen LogP contribution in [0.25, 0.3) is 0 Å². The van der Waals surface area contributed by atoms with Crippen LogP contribution < -0.4 is 10.1 Å². The van der Waals surface area contributed by atoms with Gasteiger partial charge in [0.25, 0.3) is 5.91 Å². The number of aryl methyl sites for hydroxylation is 2. The zero-order valence-electron chi connectivity index (χ0n) is 12.3. The number of nitrogens with one attached hydrogen (secondary N) is 1. The molecule has 0 aromatic heterocycles. The van der Waals surface area contributed by atoms with Crippen molar-refractivity contribution in [1.29, 1.82) is 0 Å². The monoisotopic (exact) mass is 347 g/mol. The van der Waals surface area contributed by atoms with Gasteiger partial charge in [-0.15, -0.1) is 0 Å².